The van der Waals surface area contributed by atoms with Crippen molar-refractivity contribution in [1.82, 2.24) is 9.78 Å². The van der Waals surface area contributed by atoms with Crippen molar-refractivity contribution in [3.8, 4) is 5.75 Å². The quantitative estimate of drug-likeness (QED) is 0.560. The lowest BCUT2D eigenvalue weighted by Crippen LogP contribution is -2.20. The molecule has 0 amide bonds. The van der Waals surface area contributed by atoms with E-state index in [2.05, 4.69) is 15.7 Å². The number of hydrogen-bond donors (Lipinski definition) is 2. The standard InChI is InChI=1S/C20H20ClFN4OS/c1-12-19(24-20(28)23-17-9-4-5-10-18(17)27-3)13(2)26(25-12)11-14-15(21)7-6-8-16(14)22/h4-10H,11H2,1-3H3,(H2,23,24,28). The van der Waals surface area contributed by atoms with E-state index in [1.54, 1.807) is 23.9 Å². The third-order valence-electron chi connectivity index (χ3n) is 4.34. The van der Waals surface area contributed by atoms with Gasteiger partial charge in [-0.05, 0) is 50.3 Å². The number of anilines is 2. The van der Waals surface area contributed by atoms with E-state index in [0.717, 1.165) is 22.8 Å². The highest BCUT2D eigenvalue weighted by molar-refractivity contribution is 7.80. The minimum absolute atomic E-state index is 0.229. The van der Waals surface area contributed by atoms with Gasteiger partial charge >= 0.3 is 0 Å². The largest absolute Gasteiger partial charge is 0.495 e. The van der Waals surface area contributed by atoms with Gasteiger partial charge in [0.1, 0.15) is 11.6 Å². The van der Waals surface area contributed by atoms with Crippen LogP contribution in [0, 0.1) is 19.7 Å². The molecule has 3 aromatic rings. The predicted octanol–water partition coefficient (Wildman–Crippen LogP) is 5.16. The Bertz CT molecular complexity index is 1000. The number of thiocarbonyl (C=S) groups is 1. The van der Waals surface area contributed by atoms with Crippen LogP contribution in [0.4, 0.5) is 15.8 Å². The zero-order valence-corrected chi connectivity index (χ0v) is 17.3. The van der Waals surface area contributed by atoms with E-state index >= 15 is 0 Å². The molecule has 0 spiro atoms. The van der Waals surface area contributed by atoms with Gasteiger partial charge < -0.3 is 15.4 Å². The minimum atomic E-state index is -0.358. The number of nitrogens with zero attached hydrogens (tertiary/aromatic N) is 2. The molecule has 28 heavy (non-hydrogen) atoms. The van der Waals surface area contributed by atoms with Gasteiger partial charge in [-0.3, -0.25) is 4.68 Å². The van der Waals surface area contributed by atoms with Gasteiger partial charge in [-0.2, -0.15) is 5.10 Å². The summed E-state index contributed by atoms with van der Waals surface area (Å²) in [6.45, 7) is 3.98. The third-order valence-corrected chi connectivity index (χ3v) is 4.90. The first-order valence-corrected chi connectivity index (χ1v) is 9.37. The Balaban J connectivity index is 1.79. The zero-order chi connectivity index (χ0) is 20.3. The second-order valence-corrected chi connectivity index (χ2v) is 7.00. The summed E-state index contributed by atoms with van der Waals surface area (Å²) in [5, 5.41) is 11.6. The molecule has 3 rings (SSSR count). The number of para-hydroxylation sites is 2. The summed E-state index contributed by atoms with van der Waals surface area (Å²) in [4.78, 5) is 0. The summed E-state index contributed by atoms with van der Waals surface area (Å²) in [6, 6.07) is 12.1. The molecular formula is C20H20ClFN4OS. The molecule has 0 saturated carbocycles. The van der Waals surface area contributed by atoms with Gasteiger partial charge in [0.15, 0.2) is 5.11 Å². The molecule has 0 saturated heterocycles. The third kappa shape index (κ3) is 4.26. The fourth-order valence-corrected chi connectivity index (χ4v) is 3.31. The Morgan fingerprint density at radius 2 is 1.93 bits per heavy atom. The molecule has 0 radical (unpaired) electrons. The molecule has 0 bridgehead atoms. The highest BCUT2D eigenvalue weighted by atomic mass is 35.5. The first kappa shape index (κ1) is 20.1. The van der Waals surface area contributed by atoms with Crippen LogP contribution in [0.3, 0.4) is 0 Å². The van der Waals surface area contributed by atoms with Crippen molar-refractivity contribution in [3.05, 3.63) is 70.3 Å². The van der Waals surface area contributed by atoms with Crippen LogP contribution in [0.15, 0.2) is 42.5 Å². The predicted molar refractivity (Wildman–Crippen MR) is 115 cm³/mol. The molecule has 1 aromatic heterocycles. The van der Waals surface area contributed by atoms with Gasteiger partial charge in [-0.25, -0.2) is 4.39 Å². The van der Waals surface area contributed by atoms with Crippen molar-refractivity contribution in [1.29, 1.82) is 0 Å². The molecule has 0 aliphatic heterocycles. The first-order chi connectivity index (χ1) is 13.4. The van der Waals surface area contributed by atoms with E-state index in [-0.39, 0.29) is 12.4 Å². The summed E-state index contributed by atoms with van der Waals surface area (Å²) in [6.07, 6.45) is 0. The fraction of sp³-hybridized carbons (Fsp3) is 0.200. The van der Waals surface area contributed by atoms with Crippen LogP contribution in [0.25, 0.3) is 0 Å². The summed E-state index contributed by atoms with van der Waals surface area (Å²) in [7, 11) is 1.60. The number of nitrogens with one attached hydrogen (secondary N) is 2. The molecule has 0 fully saturated rings. The number of benzene rings is 2. The molecule has 2 N–H and O–H groups in total. The van der Waals surface area contributed by atoms with Crippen LogP contribution >= 0.6 is 23.8 Å². The second kappa shape index (κ2) is 8.58. The van der Waals surface area contributed by atoms with E-state index < -0.39 is 0 Å². The monoisotopic (exact) mass is 418 g/mol. The lowest BCUT2D eigenvalue weighted by Gasteiger charge is -2.14. The van der Waals surface area contributed by atoms with Crippen LogP contribution < -0.4 is 15.4 Å². The highest BCUT2D eigenvalue weighted by Crippen LogP contribution is 2.26. The van der Waals surface area contributed by atoms with E-state index in [1.165, 1.54) is 6.07 Å². The molecule has 8 heteroatoms. The molecule has 0 aliphatic rings. The Labute approximate surface area is 173 Å². The van der Waals surface area contributed by atoms with Gasteiger partial charge in [0.05, 0.1) is 36.4 Å². The fourth-order valence-electron chi connectivity index (χ4n) is 2.88. The van der Waals surface area contributed by atoms with Gasteiger partial charge in [-0.15, -0.1) is 0 Å². The van der Waals surface area contributed by atoms with E-state index in [9.17, 15) is 4.39 Å². The Morgan fingerprint density at radius 1 is 1.18 bits per heavy atom. The molecule has 0 atom stereocenters. The molecule has 146 valence electrons. The maximum Gasteiger partial charge on any atom is 0.175 e. The van der Waals surface area contributed by atoms with Crippen molar-refractivity contribution in [3.63, 3.8) is 0 Å². The maximum absolute atomic E-state index is 14.1. The Hall–Kier alpha value is -2.64. The number of aromatic nitrogens is 2. The number of ether oxygens (including phenoxy) is 1. The van der Waals surface area contributed by atoms with Crippen LogP contribution in [0.2, 0.25) is 5.02 Å². The van der Waals surface area contributed by atoms with Crippen molar-refractivity contribution >= 4 is 40.3 Å². The van der Waals surface area contributed by atoms with Gasteiger partial charge in [0.25, 0.3) is 0 Å². The second-order valence-electron chi connectivity index (χ2n) is 6.18. The lowest BCUT2D eigenvalue weighted by molar-refractivity contribution is 0.417. The average Bonchev–Trinajstić information content (AvgIpc) is 2.92. The molecule has 5 nitrogen and oxygen atoms in total. The van der Waals surface area contributed by atoms with Crippen LogP contribution in [0.5, 0.6) is 5.75 Å². The maximum atomic E-state index is 14.1. The summed E-state index contributed by atoms with van der Waals surface area (Å²) in [5.41, 5.74) is 3.48. The van der Waals surface area contributed by atoms with Crippen LogP contribution in [-0.2, 0) is 6.54 Å². The van der Waals surface area contributed by atoms with Crippen molar-refractivity contribution in [2.24, 2.45) is 0 Å². The zero-order valence-electron chi connectivity index (χ0n) is 15.7. The van der Waals surface area contributed by atoms with Gasteiger partial charge in [0, 0.05) is 10.6 Å². The van der Waals surface area contributed by atoms with E-state index in [1.807, 2.05) is 38.1 Å². The lowest BCUT2D eigenvalue weighted by atomic mass is 10.2. The first-order valence-electron chi connectivity index (χ1n) is 8.58. The number of rotatable bonds is 5. The van der Waals surface area contributed by atoms with Crippen LogP contribution in [-0.4, -0.2) is 22.0 Å². The SMILES string of the molecule is COc1ccccc1NC(=S)Nc1c(C)nn(Cc2c(F)cccc2Cl)c1C. The van der Waals surface area contributed by atoms with Gasteiger partial charge in [-0.1, -0.05) is 29.8 Å². The normalized spacial score (nSPS) is 10.6. The molecule has 0 unspecified atom stereocenters. The highest BCUT2D eigenvalue weighted by Gasteiger charge is 2.16. The average molecular weight is 419 g/mol. The summed E-state index contributed by atoms with van der Waals surface area (Å²) < 4.78 is 21.1. The number of aryl methyl sites for hydroxylation is 1. The smallest absolute Gasteiger partial charge is 0.175 e. The van der Waals surface area contributed by atoms with E-state index in [4.69, 9.17) is 28.6 Å². The van der Waals surface area contributed by atoms with Crippen molar-refractivity contribution < 1.29 is 9.13 Å². The molecule has 1 heterocycles. The number of hydrogen-bond acceptors (Lipinski definition) is 3. The minimum Gasteiger partial charge on any atom is -0.495 e. The molecular weight excluding hydrogens is 399 g/mol. The van der Waals surface area contributed by atoms with E-state index in [0.29, 0.717) is 21.4 Å². The van der Waals surface area contributed by atoms with Crippen LogP contribution in [0.1, 0.15) is 17.0 Å². The van der Waals surface area contributed by atoms with Crippen molar-refractivity contribution in [2.75, 3.05) is 17.7 Å². The van der Waals surface area contributed by atoms with Crippen molar-refractivity contribution in [2.45, 2.75) is 20.4 Å². The molecule has 2 aromatic carbocycles. The Kier molecular flexibility index (Phi) is 6.16. The topological polar surface area (TPSA) is 51.1 Å². The summed E-state index contributed by atoms with van der Waals surface area (Å²) in [5.74, 6) is 0.327. The number of halogens is 2. The van der Waals surface area contributed by atoms with Gasteiger partial charge in [0.2, 0.25) is 0 Å². The summed E-state index contributed by atoms with van der Waals surface area (Å²) >= 11 is 11.6. The molecule has 0 aliphatic carbocycles. The number of methoxy groups -OCH3 is 1. The Morgan fingerprint density at radius 3 is 2.64 bits per heavy atom.